The Hall–Kier alpha value is -1.06. The van der Waals surface area contributed by atoms with E-state index in [1.54, 1.807) is 7.11 Å². The number of methoxy groups -OCH3 is 1. The fourth-order valence-electron chi connectivity index (χ4n) is 2.91. The van der Waals surface area contributed by atoms with Crippen LogP contribution in [0.4, 0.5) is 0 Å². The molecule has 0 amide bonds. The summed E-state index contributed by atoms with van der Waals surface area (Å²) in [5.74, 6) is 1.78. The van der Waals surface area contributed by atoms with Crippen LogP contribution in [-0.2, 0) is 0 Å². The summed E-state index contributed by atoms with van der Waals surface area (Å²) in [7, 11) is 3.80. The zero-order chi connectivity index (χ0) is 13.8. The second-order valence-electron chi connectivity index (χ2n) is 5.61. The van der Waals surface area contributed by atoms with Crippen LogP contribution in [0.25, 0.3) is 0 Å². The van der Waals surface area contributed by atoms with E-state index in [1.807, 2.05) is 7.05 Å². The molecule has 2 unspecified atom stereocenters. The molecule has 0 saturated carbocycles. The summed E-state index contributed by atoms with van der Waals surface area (Å²) in [5, 5.41) is 6.90. The number of aryl methyl sites for hydroxylation is 2. The summed E-state index contributed by atoms with van der Waals surface area (Å²) in [6.07, 6.45) is 2.45. The Bertz CT molecular complexity index is 425. The fraction of sp³-hybridized carbons (Fsp3) is 0.625. The van der Waals surface area contributed by atoms with E-state index in [9.17, 15) is 0 Å². The van der Waals surface area contributed by atoms with E-state index < -0.39 is 0 Å². The van der Waals surface area contributed by atoms with Crippen molar-refractivity contribution in [3.63, 3.8) is 0 Å². The maximum absolute atomic E-state index is 5.57. The molecule has 1 aliphatic heterocycles. The third-order valence-electron chi connectivity index (χ3n) is 4.30. The van der Waals surface area contributed by atoms with E-state index in [0.29, 0.717) is 6.04 Å². The van der Waals surface area contributed by atoms with Crippen molar-refractivity contribution in [1.29, 1.82) is 0 Å². The molecule has 1 fully saturated rings. The third kappa shape index (κ3) is 3.28. The molecule has 3 nitrogen and oxygen atoms in total. The highest BCUT2D eigenvalue weighted by molar-refractivity contribution is 5.43. The van der Waals surface area contributed by atoms with E-state index in [0.717, 1.165) is 24.8 Å². The van der Waals surface area contributed by atoms with Crippen LogP contribution in [0.3, 0.4) is 0 Å². The van der Waals surface area contributed by atoms with Crippen molar-refractivity contribution in [2.45, 2.75) is 32.7 Å². The third-order valence-corrected chi connectivity index (χ3v) is 4.30. The molecule has 1 aliphatic rings. The summed E-state index contributed by atoms with van der Waals surface area (Å²) in [6.45, 7) is 6.61. The maximum Gasteiger partial charge on any atom is 0.123 e. The lowest BCUT2D eigenvalue weighted by atomic mass is 9.91. The van der Waals surface area contributed by atoms with Gasteiger partial charge in [-0.15, -0.1) is 0 Å². The Kier molecular flexibility index (Phi) is 4.83. The normalized spacial score (nSPS) is 20.5. The van der Waals surface area contributed by atoms with Crippen LogP contribution in [-0.4, -0.2) is 27.2 Å². The molecular formula is C16H26N2O. The number of hydrogen-bond donors (Lipinski definition) is 2. The molecular weight excluding hydrogens is 236 g/mol. The first kappa shape index (κ1) is 14.4. The highest BCUT2D eigenvalue weighted by atomic mass is 16.5. The maximum atomic E-state index is 5.57. The van der Waals surface area contributed by atoms with Crippen LogP contribution >= 0.6 is 0 Å². The molecule has 1 aromatic carbocycles. The lowest BCUT2D eigenvalue weighted by Crippen LogP contribution is -2.22. The summed E-state index contributed by atoms with van der Waals surface area (Å²) < 4.78 is 5.57. The Morgan fingerprint density at radius 1 is 1.37 bits per heavy atom. The van der Waals surface area contributed by atoms with Gasteiger partial charge in [0.25, 0.3) is 0 Å². The second-order valence-corrected chi connectivity index (χ2v) is 5.61. The molecule has 2 atom stereocenters. The number of ether oxygens (including phenoxy) is 1. The predicted octanol–water partition coefficient (Wildman–Crippen LogP) is 2.57. The first-order valence-electron chi connectivity index (χ1n) is 7.18. The van der Waals surface area contributed by atoms with Crippen molar-refractivity contribution in [3.8, 4) is 5.75 Å². The van der Waals surface area contributed by atoms with Crippen LogP contribution < -0.4 is 15.4 Å². The summed E-state index contributed by atoms with van der Waals surface area (Å²) in [6, 6.07) is 4.80. The van der Waals surface area contributed by atoms with Crippen molar-refractivity contribution >= 4 is 0 Å². The molecule has 19 heavy (non-hydrogen) atoms. The second kappa shape index (κ2) is 6.40. The molecule has 1 saturated heterocycles. The first-order valence-corrected chi connectivity index (χ1v) is 7.18. The van der Waals surface area contributed by atoms with Gasteiger partial charge in [0, 0.05) is 11.6 Å². The Balaban J connectivity index is 2.23. The fourth-order valence-corrected chi connectivity index (χ4v) is 2.91. The minimum absolute atomic E-state index is 0.374. The first-order chi connectivity index (χ1) is 9.15. The van der Waals surface area contributed by atoms with Gasteiger partial charge in [-0.25, -0.2) is 0 Å². The van der Waals surface area contributed by atoms with Crippen LogP contribution in [0.1, 0.15) is 35.6 Å². The molecule has 0 aromatic heterocycles. The van der Waals surface area contributed by atoms with Gasteiger partial charge in [-0.1, -0.05) is 6.07 Å². The Labute approximate surface area is 116 Å². The molecule has 1 heterocycles. The topological polar surface area (TPSA) is 33.3 Å². The van der Waals surface area contributed by atoms with Gasteiger partial charge < -0.3 is 15.4 Å². The van der Waals surface area contributed by atoms with Gasteiger partial charge in [-0.05, 0) is 69.9 Å². The summed E-state index contributed by atoms with van der Waals surface area (Å²) >= 11 is 0. The zero-order valence-corrected chi connectivity index (χ0v) is 12.5. The minimum atomic E-state index is 0.374. The van der Waals surface area contributed by atoms with Crippen molar-refractivity contribution in [1.82, 2.24) is 10.6 Å². The van der Waals surface area contributed by atoms with E-state index in [2.05, 4.69) is 36.6 Å². The van der Waals surface area contributed by atoms with Gasteiger partial charge in [0.05, 0.1) is 7.11 Å². The van der Waals surface area contributed by atoms with Crippen LogP contribution in [0.2, 0.25) is 0 Å². The highest BCUT2D eigenvalue weighted by Crippen LogP contribution is 2.33. The molecule has 2 rings (SSSR count). The number of benzene rings is 1. The average Bonchev–Trinajstić information content (AvgIpc) is 2.91. The largest absolute Gasteiger partial charge is 0.496 e. The van der Waals surface area contributed by atoms with Crippen LogP contribution in [0, 0.1) is 19.8 Å². The molecule has 1 aromatic rings. The van der Waals surface area contributed by atoms with Crippen LogP contribution in [0.15, 0.2) is 12.1 Å². The molecule has 0 bridgehead atoms. The van der Waals surface area contributed by atoms with Gasteiger partial charge >= 0.3 is 0 Å². The monoisotopic (exact) mass is 262 g/mol. The molecule has 2 N–H and O–H groups in total. The Morgan fingerprint density at radius 3 is 2.68 bits per heavy atom. The van der Waals surface area contributed by atoms with Crippen molar-refractivity contribution in [3.05, 3.63) is 28.8 Å². The minimum Gasteiger partial charge on any atom is -0.496 e. The van der Waals surface area contributed by atoms with Gasteiger partial charge in [-0.3, -0.25) is 0 Å². The van der Waals surface area contributed by atoms with Crippen LogP contribution in [0.5, 0.6) is 5.75 Å². The van der Waals surface area contributed by atoms with Gasteiger partial charge in [0.1, 0.15) is 5.75 Å². The quantitative estimate of drug-likeness (QED) is 0.855. The van der Waals surface area contributed by atoms with E-state index >= 15 is 0 Å². The van der Waals surface area contributed by atoms with Gasteiger partial charge in [-0.2, -0.15) is 0 Å². The molecule has 0 spiro atoms. The molecule has 3 heteroatoms. The smallest absolute Gasteiger partial charge is 0.123 e. The summed E-state index contributed by atoms with van der Waals surface area (Å²) in [4.78, 5) is 0. The number of hydrogen-bond acceptors (Lipinski definition) is 3. The standard InChI is InChI=1S/C16H26N2O/c1-11-7-14(16(19-4)8-12(11)2)15(17-3)9-13-5-6-18-10-13/h7-8,13,15,17-18H,5-6,9-10H2,1-4H3. The summed E-state index contributed by atoms with van der Waals surface area (Å²) in [5.41, 5.74) is 3.92. The Morgan fingerprint density at radius 2 is 2.11 bits per heavy atom. The average molecular weight is 262 g/mol. The van der Waals surface area contributed by atoms with Gasteiger partial charge in [0.2, 0.25) is 0 Å². The SMILES string of the molecule is CNC(CC1CCNC1)c1cc(C)c(C)cc1OC. The lowest BCUT2D eigenvalue weighted by molar-refractivity contribution is 0.382. The number of nitrogens with one attached hydrogen (secondary N) is 2. The molecule has 0 aliphatic carbocycles. The van der Waals surface area contributed by atoms with Crippen molar-refractivity contribution in [2.75, 3.05) is 27.2 Å². The lowest BCUT2D eigenvalue weighted by Gasteiger charge is -2.23. The van der Waals surface area contributed by atoms with Crippen molar-refractivity contribution < 1.29 is 4.74 Å². The highest BCUT2D eigenvalue weighted by Gasteiger charge is 2.22. The van der Waals surface area contributed by atoms with E-state index in [1.165, 1.54) is 29.5 Å². The predicted molar refractivity (Wildman–Crippen MR) is 79.9 cm³/mol. The van der Waals surface area contributed by atoms with E-state index in [-0.39, 0.29) is 0 Å². The van der Waals surface area contributed by atoms with E-state index in [4.69, 9.17) is 4.74 Å². The number of rotatable bonds is 5. The van der Waals surface area contributed by atoms with Crippen molar-refractivity contribution in [2.24, 2.45) is 5.92 Å². The zero-order valence-electron chi connectivity index (χ0n) is 12.5. The van der Waals surface area contributed by atoms with Gasteiger partial charge in [0.15, 0.2) is 0 Å². The molecule has 106 valence electrons. The molecule has 0 radical (unpaired) electrons.